The van der Waals surface area contributed by atoms with Crippen LogP contribution in [-0.2, 0) is 20.9 Å². The summed E-state index contributed by atoms with van der Waals surface area (Å²) in [4.78, 5) is 47.4. The third-order valence-corrected chi connectivity index (χ3v) is 3.93. The Hall–Kier alpha value is -3.68. The molecule has 29 heavy (non-hydrogen) atoms. The van der Waals surface area contributed by atoms with Crippen LogP contribution < -0.4 is 16.0 Å². The number of anilines is 1. The van der Waals surface area contributed by atoms with E-state index in [4.69, 9.17) is 4.74 Å². The third kappa shape index (κ3) is 7.10. The summed E-state index contributed by atoms with van der Waals surface area (Å²) in [5, 5.41) is 7.54. The molecule has 1 atom stereocenters. The number of ketones is 1. The summed E-state index contributed by atoms with van der Waals surface area (Å²) < 4.78 is 5.02. The summed E-state index contributed by atoms with van der Waals surface area (Å²) in [5.74, 6) is -1.54. The molecule has 2 aromatic rings. The number of rotatable bonds is 8. The first kappa shape index (κ1) is 21.6. The summed E-state index contributed by atoms with van der Waals surface area (Å²) in [7, 11) is 0. The smallest absolute Gasteiger partial charge is 0.326 e. The van der Waals surface area contributed by atoms with Crippen molar-refractivity contribution in [1.82, 2.24) is 10.6 Å². The van der Waals surface area contributed by atoms with Crippen LogP contribution in [0.3, 0.4) is 0 Å². The Balaban J connectivity index is 1.76. The molecule has 0 aromatic heterocycles. The number of urea groups is 1. The quantitative estimate of drug-likeness (QED) is 0.467. The van der Waals surface area contributed by atoms with Crippen LogP contribution in [0.4, 0.5) is 10.5 Å². The number of nitrogens with one attached hydrogen (secondary N) is 3. The van der Waals surface area contributed by atoms with E-state index < -0.39 is 24.0 Å². The lowest BCUT2D eigenvalue weighted by Gasteiger charge is -2.15. The van der Waals surface area contributed by atoms with Crippen molar-refractivity contribution in [2.24, 2.45) is 0 Å². The molecule has 3 amide bonds. The predicted octanol–water partition coefficient (Wildman–Crippen LogP) is 2.26. The number of para-hydroxylation sites is 1. The molecule has 3 N–H and O–H groups in total. The van der Waals surface area contributed by atoms with E-state index in [-0.39, 0.29) is 12.3 Å². The second-order valence-corrected chi connectivity index (χ2v) is 6.24. The van der Waals surface area contributed by atoms with Gasteiger partial charge in [0.05, 0.1) is 5.69 Å². The van der Waals surface area contributed by atoms with Gasteiger partial charge in [0, 0.05) is 12.1 Å². The fourth-order valence-corrected chi connectivity index (χ4v) is 2.42. The van der Waals surface area contributed by atoms with Gasteiger partial charge in [0.25, 0.3) is 5.91 Å². The molecule has 0 aliphatic heterocycles. The van der Waals surface area contributed by atoms with E-state index in [9.17, 15) is 19.2 Å². The van der Waals surface area contributed by atoms with Crippen LogP contribution in [0.1, 0.15) is 29.8 Å². The minimum Gasteiger partial charge on any atom is -0.451 e. The summed E-state index contributed by atoms with van der Waals surface area (Å²) in [6.07, 6.45) is -1.10. The first-order valence-corrected chi connectivity index (χ1v) is 9.02. The Labute approximate surface area is 168 Å². The molecule has 152 valence electrons. The van der Waals surface area contributed by atoms with E-state index in [1.165, 1.54) is 13.8 Å². The summed E-state index contributed by atoms with van der Waals surface area (Å²) in [6.45, 7) is 2.72. The normalized spacial score (nSPS) is 11.1. The second kappa shape index (κ2) is 10.6. The monoisotopic (exact) mass is 397 g/mol. The zero-order chi connectivity index (χ0) is 21.2. The molecular formula is C21H23N3O5. The largest absolute Gasteiger partial charge is 0.451 e. The molecule has 0 fully saturated rings. The van der Waals surface area contributed by atoms with Gasteiger partial charge in [-0.05, 0) is 31.5 Å². The maximum absolute atomic E-state index is 12.2. The highest BCUT2D eigenvalue weighted by molar-refractivity contribution is 6.04. The predicted molar refractivity (Wildman–Crippen MR) is 107 cm³/mol. The highest BCUT2D eigenvalue weighted by Gasteiger charge is 2.19. The van der Waals surface area contributed by atoms with Crippen molar-refractivity contribution in [3.63, 3.8) is 0 Å². The Morgan fingerprint density at radius 2 is 1.59 bits per heavy atom. The number of hydrogen-bond acceptors (Lipinski definition) is 5. The van der Waals surface area contributed by atoms with Gasteiger partial charge in [0.15, 0.2) is 11.9 Å². The molecule has 8 nitrogen and oxygen atoms in total. The molecule has 0 aliphatic rings. The second-order valence-electron chi connectivity index (χ2n) is 6.24. The molecule has 0 radical (unpaired) electrons. The summed E-state index contributed by atoms with van der Waals surface area (Å²) >= 11 is 0. The summed E-state index contributed by atoms with van der Waals surface area (Å²) in [5.41, 5.74) is 1.61. The van der Waals surface area contributed by atoms with Gasteiger partial charge < -0.3 is 20.7 Å². The molecule has 1 unspecified atom stereocenters. The first-order chi connectivity index (χ1) is 13.9. The molecule has 2 aromatic carbocycles. The van der Waals surface area contributed by atoms with Crippen LogP contribution in [0.5, 0.6) is 0 Å². The van der Waals surface area contributed by atoms with Crippen LogP contribution in [-0.4, -0.2) is 36.3 Å². The number of carbonyl (C=O) groups is 4. The van der Waals surface area contributed by atoms with Crippen molar-refractivity contribution >= 4 is 29.4 Å². The van der Waals surface area contributed by atoms with E-state index >= 15 is 0 Å². The number of hydrogen-bond donors (Lipinski definition) is 3. The van der Waals surface area contributed by atoms with Gasteiger partial charge in [-0.25, -0.2) is 4.79 Å². The van der Waals surface area contributed by atoms with Gasteiger partial charge in [0.1, 0.15) is 6.54 Å². The van der Waals surface area contributed by atoms with Crippen molar-refractivity contribution in [1.29, 1.82) is 0 Å². The maximum Gasteiger partial charge on any atom is 0.326 e. The van der Waals surface area contributed by atoms with Crippen LogP contribution in [0.15, 0.2) is 54.6 Å². The maximum atomic E-state index is 12.2. The van der Waals surface area contributed by atoms with Crippen LogP contribution in [0.2, 0.25) is 0 Å². The van der Waals surface area contributed by atoms with Crippen molar-refractivity contribution in [2.45, 2.75) is 26.5 Å². The molecule has 0 spiro atoms. The third-order valence-electron chi connectivity index (χ3n) is 3.93. The Morgan fingerprint density at radius 3 is 2.28 bits per heavy atom. The van der Waals surface area contributed by atoms with Crippen molar-refractivity contribution in [3.8, 4) is 0 Å². The zero-order valence-corrected chi connectivity index (χ0v) is 16.2. The van der Waals surface area contributed by atoms with Gasteiger partial charge in [-0.3, -0.25) is 14.4 Å². The van der Waals surface area contributed by atoms with Crippen molar-refractivity contribution in [3.05, 3.63) is 65.7 Å². The zero-order valence-electron chi connectivity index (χ0n) is 16.2. The van der Waals surface area contributed by atoms with E-state index in [0.717, 1.165) is 5.56 Å². The lowest BCUT2D eigenvalue weighted by Crippen LogP contribution is -2.40. The number of carbonyl (C=O) groups excluding carboxylic acids is 4. The minimum atomic E-state index is -1.10. The van der Waals surface area contributed by atoms with Crippen molar-refractivity contribution in [2.75, 3.05) is 11.9 Å². The van der Waals surface area contributed by atoms with Gasteiger partial charge >= 0.3 is 12.0 Å². The molecule has 2 rings (SSSR count). The average molecular weight is 397 g/mol. The van der Waals surface area contributed by atoms with E-state index in [1.807, 2.05) is 30.3 Å². The average Bonchev–Trinajstić information content (AvgIpc) is 2.71. The molecular weight excluding hydrogens is 374 g/mol. The van der Waals surface area contributed by atoms with Gasteiger partial charge in [0.2, 0.25) is 0 Å². The molecule has 0 saturated heterocycles. The molecule has 0 saturated carbocycles. The van der Waals surface area contributed by atoms with Crippen LogP contribution >= 0.6 is 0 Å². The van der Waals surface area contributed by atoms with E-state index in [1.54, 1.807) is 24.3 Å². The number of benzene rings is 2. The fraction of sp³-hybridized carbons (Fsp3) is 0.238. The fourth-order valence-electron chi connectivity index (χ4n) is 2.42. The molecule has 0 aliphatic carbocycles. The standard InChI is InChI=1S/C21H23N3O5/c1-14(25)17-10-6-7-11-18(17)24-20(27)15(2)29-19(26)13-23-21(28)22-12-16-8-4-3-5-9-16/h3-11,15H,12-13H2,1-2H3,(H,24,27)(H2,22,23,28). The number of esters is 1. The Bertz CT molecular complexity index is 883. The Morgan fingerprint density at radius 1 is 0.931 bits per heavy atom. The molecule has 0 bridgehead atoms. The number of ether oxygens (including phenoxy) is 1. The topological polar surface area (TPSA) is 114 Å². The highest BCUT2D eigenvalue weighted by Crippen LogP contribution is 2.16. The van der Waals surface area contributed by atoms with Crippen LogP contribution in [0.25, 0.3) is 0 Å². The van der Waals surface area contributed by atoms with E-state index in [2.05, 4.69) is 16.0 Å². The number of amides is 3. The Kier molecular flexibility index (Phi) is 7.90. The minimum absolute atomic E-state index is 0.198. The molecule has 0 heterocycles. The lowest BCUT2D eigenvalue weighted by atomic mass is 10.1. The highest BCUT2D eigenvalue weighted by atomic mass is 16.5. The van der Waals surface area contributed by atoms with E-state index in [0.29, 0.717) is 17.8 Å². The van der Waals surface area contributed by atoms with Gasteiger partial charge in [-0.2, -0.15) is 0 Å². The van der Waals surface area contributed by atoms with Crippen LogP contribution in [0, 0.1) is 0 Å². The van der Waals surface area contributed by atoms with Crippen molar-refractivity contribution < 1.29 is 23.9 Å². The lowest BCUT2D eigenvalue weighted by molar-refractivity contribution is -0.152. The SMILES string of the molecule is CC(=O)c1ccccc1NC(=O)C(C)OC(=O)CNC(=O)NCc1ccccc1. The summed E-state index contributed by atoms with van der Waals surface area (Å²) in [6, 6.07) is 15.3. The van der Waals surface area contributed by atoms with Gasteiger partial charge in [-0.1, -0.05) is 42.5 Å². The number of Topliss-reactive ketones (excluding diaryl/α,β-unsaturated/α-hetero) is 1. The first-order valence-electron chi connectivity index (χ1n) is 9.02. The molecule has 8 heteroatoms. The van der Waals surface area contributed by atoms with Gasteiger partial charge in [-0.15, -0.1) is 0 Å².